The lowest BCUT2D eigenvalue weighted by Crippen LogP contribution is -2.36. The Balaban J connectivity index is 1.67. The Kier molecular flexibility index (Phi) is 4.60. The Labute approximate surface area is 137 Å². The van der Waals surface area contributed by atoms with E-state index in [-0.39, 0.29) is 5.91 Å². The third-order valence-corrected chi connectivity index (χ3v) is 4.11. The SMILES string of the molecule is CC(C)CNc1ccc(C(=O)N2CCc3ccccc3C2)nc1. The molecule has 1 aliphatic heterocycles. The van der Waals surface area contributed by atoms with Crippen LogP contribution in [-0.2, 0) is 13.0 Å². The van der Waals surface area contributed by atoms with E-state index in [0.29, 0.717) is 18.2 Å². The van der Waals surface area contributed by atoms with Crippen molar-refractivity contribution in [2.45, 2.75) is 26.8 Å². The number of aromatic nitrogens is 1. The maximum Gasteiger partial charge on any atom is 0.272 e. The van der Waals surface area contributed by atoms with Crippen LogP contribution in [0.3, 0.4) is 0 Å². The Morgan fingerprint density at radius 1 is 1.22 bits per heavy atom. The summed E-state index contributed by atoms with van der Waals surface area (Å²) in [5.74, 6) is 0.583. The number of rotatable bonds is 4. The summed E-state index contributed by atoms with van der Waals surface area (Å²) in [7, 11) is 0. The van der Waals surface area contributed by atoms with Crippen LogP contribution in [0.25, 0.3) is 0 Å². The summed E-state index contributed by atoms with van der Waals surface area (Å²) in [6.07, 6.45) is 2.66. The third-order valence-electron chi connectivity index (χ3n) is 4.11. The maximum atomic E-state index is 12.6. The summed E-state index contributed by atoms with van der Waals surface area (Å²) in [4.78, 5) is 18.8. The molecule has 1 amide bonds. The Morgan fingerprint density at radius 3 is 2.70 bits per heavy atom. The van der Waals surface area contributed by atoms with Gasteiger partial charge in [-0.2, -0.15) is 0 Å². The van der Waals surface area contributed by atoms with E-state index in [4.69, 9.17) is 0 Å². The number of amides is 1. The number of pyridine rings is 1. The topological polar surface area (TPSA) is 45.2 Å². The molecule has 23 heavy (non-hydrogen) atoms. The smallest absolute Gasteiger partial charge is 0.272 e. The molecular weight excluding hydrogens is 286 g/mol. The van der Waals surface area contributed by atoms with Gasteiger partial charge in [0.15, 0.2) is 0 Å². The van der Waals surface area contributed by atoms with Crippen LogP contribution in [0, 0.1) is 5.92 Å². The van der Waals surface area contributed by atoms with Crippen LogP contribution in [0.2, 0.25) is 0 Å². The molecule has 4 heteroatoms. The molecule has 1 N–H and O–H groups in total. The van der Waals surface area contributed by atoms with Crippen molar-refractivity contribution in [2.24, 2.45) is 5.92 Å². The molecule has 0 unspecified atom stereocenters. The van der Waals surface area contributed by atoms with Gasteiger partial charge in [0.25, 0.3) is 5.91 Å². The fraction of sp³-hybridized carbons (Fsp3) is 0.368. The van der Waals surface area contributed by atoms with E-state index in [2.05, 4.69) is 42.3 Å². The molecule has 0 spiro atoms. The number of hydrogen-bond acceptors (Lipinski definition) is 3. The lowest BCUT2D eigenvalue weighted by Gasteiger charge is -2.28. The number of anilines is 1. The minimum Gasteiger partial charge on any atom is -0.384 e. The molecule has 4 nitrogen and oxygen atoms in total. The second kappa shape index (κ2) is 6.82. The fourth-order valence-electron chi connectivity index (χ4n) is 2.78. The number of nitrogens with zero attached hydrogens (tertiary/aromatic N) is 2. The average Bonchev–Trinajstić information content (AvgIpc) is 2.59. The zero-order valence-corrected chi connectivity index (χ0v) is 13.7. The highest BCUT2D eigenvalue weighted by Crippen LogP contribution is 2.20. The largest absolute Gasteiger partial charge is 0.384 e. The van der Waals surface area contributed by atoms with Crippen molar-refractivity contribution in [3.8, 4) is 0 Å². The minimum atomic E-state index is 0.00918. The molecule has 3 rings (SSSR count). The van der Waals surface area contributed by atoms with Gasteiger partial charge in [-0.05, 0) is 35.6 Å². The minimum absolute atomic E-state index is 0.00918. The van der Waals surface area contributed by atoms with Gasteiger partial charge in [0.2, 0.25) is 0 Å². The Morgan fingerprint density at radius 2 is 2.00 bits per heavy atom. The number of nitrogens with one attached hydrogen (secondary N) is 1. The van der Waals surface area contributed by atoms with Gasteiger partial charge in [-0.25, -0.2) is 4.98 Å². The van der Waals surface area contributed by atoms with E-state index in [0.717, 1.165) is 25.2 Å². The van der Waals surface area contributed by atoms with Gasteiger partial charge in [-0.1, -0.05) is 38.1 Å². The van der Waals surface area contributed by atoms with Crippen molar-refractivity contribution in [1.29, 1.82) is 0 Å². The van der Waals surface area contributed by atoms with Gasteiger partial charge in [-0.3, -0.25) is 4.79 Å². The number of hydrogen-bond donors (Lipinski definition) is 1. The van der Waals surface area contributed by atoms with Crippen LogP contribution in [0.1, 0.15) is 35.5 Å². The maximum absolute atomic E-state index is 12.6. The van der Waals surface area contributed by atoms with E-state index < -0.39 is 0 Å². The zero-order valence-electron chi connectivity index (χ0n) is 13.7. The number of carbonyl (C=O) groups excluding carboxylic acids is 1. The van der Waals surface area contributed by atoms with Crippen LogP contribution >= 0.6 is 0 Å². The lowest BCUT2D eigenvalue weighted by atomic mass is 10.00. The van der Waals surface area contributed by atoms with Gasteiger partial charge >= 0.3 is 0 Å². The molecule has 0 saturated heterocycles. The summed E-state index contributed by atoms with van der Waals surface area (Å²) >= 11 is 0. The fourth-order valence-corrected chi connectivity index (χ4v) is 2.78. The van der Waals surface area contributed by atoms with Crippen LogP contribution in [0.15, 0.2) is 42.6 Å². The molecule has 0 saturated carbocycles. The molecule has 1 aromatic carbocycles. The summed E-state index contributed by atoms with van der Waals surface area (Å²) in [5.41, 5.74) is 4.05. The zero-order chi connectivity index (χ0) is 16.2. The van der Waals surface area contributed by atoms with Crippen LogP contribution < -0.4 is 5.32 Å². The predicted octanol–water partition coefficient (Wildman–Crippen LogP) is 3.35. The molecule has 2 aromatic rings. The summed E-state index contributed by atoms with van der Waals surface area (Å²) in [5, 5.41) is 3.32. The first-order valence-electron chi connectivity index (χ1n) is 8.19. The molecule has 1 aliphatic rings. The molecule has 2 heterocycles. The summed E-state index contributed by atoms with van der Waals surface area (Å²) in [6, 6.07) is 12.1. The van der Waals surface area contributed by atoms with Gasteiger partial charge in [-0.15, -0.1) is 0 Å². The second-order valence-corrected chi connectivity index (χ2v) is 6.45. The summed E-state index contributed by atoms with van der Waals surface area (Å²) in [6.45, 7) is 6.64. The molecule has 120 valence electrons. The first kappa shape index (κ1) is 15.5. The molecule has 0 bridgehead atoms. The van der Waals surface area contributed by atoms with E-state index in [1.165, 1.54) is 11.1 Å². The van der Waals surface area contributed by atoms with E-state index in [1.54, 1.807) is 6.20 Å². The van der Waals surface area contributed by atoms with Crippen molar-refractivity contribution in [3.05, 3.63) is 59.4 Å². The predicted molar refractivity (Wildman–Crippen MR) is 92.5 cm³/mol. The first-order chi connectivity index (χ1) is 11.1. The highest BCUT2D eigenvalue weighted by atomic mass is 16.2. The van der Waals surface area contributed by atoms with Gasteiger partial charge in [0.05, 0.1) is 11.9 Å². The molecular formula is C19H23N3O. The van der Waals surface area contributed by atoms with Gasteiger partial charge in [0, 0.05) is 19.6 Å². The number of benzene rings is 1. The van der Waals surface area contributed by atoms with Crippen LogP contribution in [0.4, 0.5) is 5.69 Å². The third kappa shape index (κ3) is 3.70. The molecule has 0 radical (unpaired) electrons. The van der Waals surface area contributed by atoms with Crippen LogP contribution in [-0.4, -0.2) is 28.9 Å². The van der Waals surface area contributed by atoms with E-state index in [9.17, 15) is 4.79 Å². The average molecular weight is 309 g/mol. The first-order valence-corrected chi connectivity index (χ1v) is 8.19. The molecule has 0 aliphatic carbocycles. The highest BCUT2D eigenvalue weighted by molar-refractivity contribution is 5.92. The van der Waals surface area contributed by atoms with E-state index in [1.807, 2.05) is 23.1 Å². The summed E-state index contributed by atoms with van der Waals surface area (Å²) < 4.78 is 0. The van der Waals surface area contributed by atoms with Crippen molar-refractivity contribution in [3.63, 3.8) is 0 Å². The number of fused-ring (bicyclic) bond motifs is 1. The van der Waals surface area contributed by atoms with Crippen molar-refractivity contribution < 1.29 is 4.79 Å². The normalized spacial score (nSPS) is 13.8. The van der Waals surface area contributed by atoms with Crippen molar-refractivity contribution in [1.82, 2.24) is 9.88 Å². The van der Waals surface area contributed by atoms with Crippen LogP contribution in [0.5, 0.6) is 0 Å². The highest BCUT2D eigenvalue weighted by Gasteiger charge is 2.22. The Bertz CT molecular complexity index is 679. The number of carbonyl (C=O) groups is 1. The Hall–Kier alpha value is -2.36. The van der Waals surface area contributed by atoms with Crippen molar-refractivity contribution in [2.75, 3.05) is 18.4 Å². The van der Waals surface area contributed by atoms with Crippen molar-refractivity contribution >= 4 is 11.6 Å². The quantitative estimate of drug-likeness (QED) is 0.942. The standard InChI is InChI=1S/C19H23N3O/c1-14(2)11-20-17-7-8-18(21-12-17)19(23)22-10-9-15-5-3-4-6-16(15)13-22/h3-8,12,14,20H,9-11,13H2,1-2H3. The van der Waals surface area contributed by atoms with Gasteiger partial charge in [0.1, 0.15) is 5.69 Å². The monoisotopic (exact) mass is 309 g/mol. The molecule has 0 fully saturated rings. The molecule has 1 aromatic heterocycles. The van der Waals surface area contributed by atoms with Gasteiger partial charge < -0.3 is 10.2 Å². The lowest BCUT2D eigenvalue weighted by molar-refractivity contribution is 0.0729. The molecule has 0 atom stereocenters. The van der Waals surface area contributed by atoms with E-state index >= 15 is 0 Å². The second-order valence-electron chi connectivity index (χ2n) is 6.45.